The molecule has 0 radical (unpaired) electrons. The van der Waals surface area contributed by atoms with Gasteiger partial charge in [0.25, 0.3) is 0 Å². The highest BCUT2D eigenvalue weighted by Crippen LogP contribution is 2.18. The van der Waals surface area contributed by atoms with Gasteiger partial charge < -0.3 is 20.5 Å². The Bertz CT molecular complexity index is 729. The molecule has 132 valence electrons. The van der Waals surface area contributed by atoms with Gasteiger partial charge in [0, 0.05) is 6.54 Å². The molecule has 0 aliphatic carbocycles. The Morgan fingerprint density at radius 2 is 1.84 bits per heavy atom. The smallest absolute Gasteiger partial charge is 0.343 e. The number of nitrogens with one attached hydrogen (secondary N) is 1. The summed E-state index contributed by atoms with van der Waals surface area (Å²) in [4.78, 5) is 23.6. The molecule has 0 aliphatic rings. The highest BCUT2D eigenvalue weighted by Gasteiger charge is 2.29. The first-order valence-corrected chi connectivity index (χ1v) is 7.84. The van der Waals surface area contributed by atoms with Gasteiger partial charge in [-0.2, -0.15) is 0 Å². The second-order valence-electron chi connectivity index (χ2n) is 5.76. The molecule has 0 saturated heterocycles. The molecule has 2 aromatic rings. The molecule has 3 N–H and O–H groups in total. The van der Waals surface area contributed by atoms with Crippen LogP contribution >= 0.6 is 0 Å². The van der Waals surface area contributed by atoms with Crippen molar-refractivity contribution < 1.29 is 19.1 Å². The second kappa shape index (κ2) is 8.30. The molecule has 25 heavy (non-hydrogen) atoms. The lowest BCUT2D eigenvalue weighted by molar-refractivity contribution is -0.142. The van der Waals surface area contributed by atoms with Gasteiger partial charge in [-0.1, -0.05) is 42.5 Å². The fourth-order valence-corrected chi connectivity index (χ4v) is 2.23. The quantitative estimate of drug-likeness (QED) is 0.748. The number of nitrogens with two attached hydrogens (primary N) is 1. The summed E-state index contributed by atoms with van der Waals surface area (Å²) in [5, 5.41) is 2.83. The third-order valence-electron chi connectivity index (χ3n) is 3.78. The van der Waals surface area contributed by atoms with Crippen molar-refractivity contribution in [2.75, 3.05) is 13.7 Å². The normalized spacial score (nSPS) is 12.8. The van der Waals surface area contributed by atoms with Crippen LogP contribution in [0.5, 0.6) is 5.75 Å². The largest absolute Gasteiger partial charge is 0.482 e. The number of esters is 1. The van der Waals surface area contributed by atoms with E-state index in [-0.39, 0.29) is 12.5 Å². The standard InChI is InChI=1S/C19H22N2O4/c1-19(20,15-8-4-3-5-9-15)18(23)21-12-14-7-6-10-16(11-14)25-13-17(22)24-2/h3-11H,12-13,20H2,1-2H3,(H,21,23). The third-order valence-corrected chi connectivity index (χ3v) is 3.78. The maximum absolute atomic E-state index is 12.4. The summed E-state index contributed by atoms with van der Waals surface area (Å²) in [5.74, 6) is -0.212. The molecular weight excluding hydrogens is 320 g/mol. The van der Waals surface area contributed by atoms with Crippen LogP contribution in [0, 0.1) is 0 Å². The van der Waals surface area contributed by atoms with Gasteiger partial charge in [0.05, 0.1) is 7.11 Å². The van der Waals surface area contributed by atoms with Crippen LogP contribution in [0.2, 0.25) is 0 Å². The first-order chi connectivity index (χ1) is 11.9. The predicted octanol–water partition coefficient (Wildman–Crippen LogP) is 1.73. The SMILES string of the molecule is COC(=O)COc1cccc(CNC(=O)C(C)(N)c2ccccc2)c1. The Balaban J connectivity index is 1.96. The van der Waals surface area contributed by atoms with Crippen molar-refractivity contribution in [3.63, 3.8) is 0 Å². The molecule has 1 atom stereocenters. The molecule has 0 heterocycles. The highest BCUT2D eigenvalue weighted by molar-refractivity contribution is 5.86. The number of hydrogen-bond donors (Lipinski definition) is 2. The summed E-state index contributed by atoms with van der Waals surface area (Å²) in [6.45, 7) is 1.81. The van der Waals surface area contributed by atoms with E-state index in [1.54, 1.807) is 25.1 Å². The van der Waals surface area contributed by atoms with Crippen LogP contribution in [0.3, 0.4) is 0 Å². The maximum atomic E-state index is 12.4. The minimum atomic E-state index is -1.12. The molecule has 0 saturated carbocycles. The number of ether oxygens (including phenoxy) is 2. The van der Waals surface area contributed by atoms with E-state index in [9.17, 15) is 9.59 Å². The van der Waals surface area contributed by atoms with Crippen molar-refractivity contribution in [2.45, 2.75) is 19.0 Å². The van der Waals surface area contributed by atoms with E-state index in [1.165, 1.54) is 7.11 Å². The van der Waals surface area contributed by atoms with Gasteiger partial charge in [-0.3, -0.25) is 4.79 Å². The lowest BCUT2D eigenvalue weighted by Gasteiger charge is -2.24. The van der Waals surface area contributed by atoms with Gasteiger partial charge in [0.15, 0.2) is 6.61 Å². The van der Waals surface area contributed by atoms with E-state index in [0.717, 1.165) is 11.1 Å². The topological polar surface area (TPSA) is 90.6 Å². The van der Waals surface area contributed by atoms with Crippen molar-refractivity contribution in [2.24, 2.45) is 5.73 Å². The molecule has 0 aromatic heterocycles. The van der Waals surface area contributed by atoms with E-state index in [4.69, 9.17) is 10.5 Å². The second-order valence-corrected chi connectivity index (χ2v) is 5.76. The maximum Gasteiger partial charge on any atom is 0.343 e. The molecule has 1 unspecified atom stereocenters. The lowest BCUT2D eigenvalue weighted by Crippen LogP contribution is -2.48. The Labute approximate surface area is 146 Å². The predicted molar refractivity (Wildman–Crippen MR) is 93.8 cm³/mol. The highest BCUT2D eigenvalue weighted by atomic mass is 16.6. The van der Waals surface area contributed by atoms with Gasteiger partial charge in [-0.05, 0) is 30.2 Å². The summed E-state index contributed by atoms with van der Waals surface area (Å²) < 4.78 is 9.86. The van der Waals surface area contributed by atoms with Crippen molar-refractivity contribution in [1.82, 2.24) is 5.32 Å². The molecule has 0 spiro atoms. The van der Waals surface area contributed by atoms with Gasteiger partial charge in [-0.15, -0.1) is 0 Å². The molecule has 6 heteroatoms. The first-order valence-electron chi connectivity index (χ1n) is 7.84. The molecule has 1 amide bonds. The van der Waals surface area contributed by atoms with Crippen LogP contribution < -0.4 is 15.8 Å². The third kappa shape index (κ3) is 5.06. The zero-order chi connectivity index (χ0) is 18.3. The van der Waals surface area contributed by atoms with Crippen molar-refractivity contribution >= 4 is 11.9 Å². The molecule has 0 aliphatic heterocycles. The Kier molecular flexibility index (Phi) is 6.14. The monoisotopic (exact) mass is 342 g/mol. The molecule has 2 rings (SSSR count). The molecule has 6 nitrogen and oxygen atoms in total. The van der Waals surface area contributed by atoms with E-state index >= 15 is 0 Å². The van der Waals surface area contributed by atoms with Crippen LogP contribution in [-0.4, -0.2) is 25.6 Å². The fourth-order valence-electron chi connectivity index (χ4n) is 2.23. The van der Waals surface area contributed by atoms with Crippen molar-refractivity contribution in [1.29, 1.82) is 0 Å². The molecule has 0 fully saturated rings. The summed E-state index contributed by atoms with van der Waals surface area (Å²) in [7, 11) is 1.30. The molecule has 2 aromatic carbocycles. The summed E-state index contributed by atoms with van der Waals surface area (Å²) in [6, 6.07) is 16.3. The zero-order valence-electron chi connectivity index (χ0n) is 14.3. The van der Waals surface area contributed by atoms with Crippen LogP contribution in [0.15, 0.2) is 54.6 Å². The number of carbonyl (C=O) groups excluding carboxylic acids is 2. The van der Waals surface area contributed by atoms with Crippen LogP contribution in [0.1, 0.15) is 18.1 Å². The van der Waals surface area contributed by atoms with E-state index in [1.807, 2.05) is 36.4 Å². The van der Waals surface area contributed by atoms with E-state index in [0.29, 0.717) is 12.3 Å². The molecule has 0 bridgehead atoms. The van der Waals surface area contributed by atoms with Gasteiger partial charge in [0.1, 0.15) is 11.3 Å². The summed E-state index contributed by atoms with van der Waals surface area (Å²) >= 11 is 0. The zero-order valence-corrected chi connectivity index (χ0v) is 14.3. The van der Waals surface area contributed by atoms with Gasteiger partial charge >= 0.3 is 5.97 Å². The van der Waals surface area contributed by atoms with Crippen LogP contribution in [-0.2, 0) is 26.4 Å². The average Bonchev–Trinajstić information content (AvgIpc) is 2.65. The Hall–Kier alpha value is -2.86. The Morgan fingerprint density at radius 1 is 1.12 bits per heavy atom. The molecular formula is C19H22N2O4. The van der Waals surface area contributed by atoms with Crippen molar-refractivity contribution in [3.05, 3.63) is 65.7 Å². The lowest BCUT2D eigenvalue weighted by atomic mass is 9.92. The van der Waals surface area contributed by atoms with E-state index in [2.05, 4.69) is 10.1 Å². The van der Waals surface area contributed by atoms with Crippen LogP contribution in [0.25, 0.3) is 0 Å². The number of carbonyl (C=O) groups is 2. The summed E-state index contributed by atoms with van der Waals surface area (Å²) in [6.07, 6.45) is 0. The number of methoxy groups -OCH3 is 1. The van der Waals surface area contributed by atoms with Crippen LogP contribution in [0.4, 0.5) is 0 Å². The van der Waals surface area contributed by atoms with E-state index < -0.39 is 11.5 Å². The number of benzene rings is 2. The van der Waals surface area contributed by atoms with Crippen molar-refractivity contribution in [3.8, 4) is 5.75 Å². The minimum Gasteiger partial charge on any atom is -0.482 e. The minimum absolute atomic E-state index is 0.165. The number of amides is 1. The van der Waals surface area contributed by atoms with Gasteiger partial charge in [-0.25, -0.2) is 4.79 Å². The average molecular weight is 342 g/mol. The first kappa shape index (κ1) is 18.5. The Morgan fingerprint density at radius 3 is 2.52 bits per heavy atom. The number of rotatable bonds is 7. The van der Waals surface area contributed by atoms with Gasteiger partial charge in [0.2, 0.25) is 5.91 Å². The number of hydrogen-bond acceptors (Lipinski definition) is 5. The summed E-state index contributed by atoms with van der Waals surface area (Å²) in [5.41, 5.74) is 6.63. The fraction of sp³-hybridized carbons (Fsp3) is 0.263.